The van der Waals surface area contributed by atoms with Crippen molar-refractivity contribution in [3.63, 3.8) is 0 Å². The molecule has 2 heterocycles. The molecular formula is C36H48N10. The van der Waals surface area contributed by atoms with E-state index in [1.807, 2.05) is 67.6 Å². The van der Waals surface area contributed by atoms with E-state index in [1.54, 1.807) is 0 Å². The molecule has 0 amide bonds. The Kier molecular flexibility index (Phi) is 11.5. The van der Waals surface area contributed by atoms with Crippen LogP contribution in [0.2, 0.25) is 0 Å². The maximum absolute atomic E-state index is 5.75. The Hall–Kier alpha value is -4.60. The van der Waals surface area contributed by atoms with E-state index in [0.29, 0.717) is 12.1 Å². The van der Waals surface area contributed by atoms with Crippen LogP contribution >= 0.6 is 0 Å². The average Bonchev–Trinajstić information content (AvgIpc) is 3.78. The van der Waals surface area contributed by atoms with Gasteiger partial charge in [0.05, 0.1) is 5.69 Å². The molecule has 242 valence electrons. The number of nitrogens with two attached hydrogens (primary N) is 1. The van der Waals surface area contributed by atoms with Crippen LogP contribution in [0, 0.1) is 13.8 Å². The van der Waals surface area contributed by atoms with Crippen LogP contribution in [0.3, 0.4) is 0 Å². The van der Waals surface area contributed by atoms with Gasteiger partial charge in [-0.1, -0.05) is 55.2 Å². The number of hydrogen-bond donors (Lipinski definition) is 3. The lowest BCUT2D eigenvalue weighted by Crippen LogP contribution is -2.16. The number of aryl methyl sites for hydroxylation is 2. The molecule has 2 aliphatic carbocycles. The highest BCUT2D eigenvalue weighted by atomic mass is 15.5. The third-order valence-electron chi connectivity index (χ3n) is 8.63. The van der Waals surface area contributed by atoms with Crippen molar-refractivity contribution in [3.05, 3.63) is 72.6 Å². The molecule has 4 N–H and O–H groups in total. The number of rotatable bonds is 10. The highest BCUT2D eigenvalue weighted by Crippen LogP contribution is 2.31. The van der Waals surface area contributed by atoms with Gasteiger partial charge in [-0.25, -0.2) is 19.9 Å². The topological polar surface area (TPSA) is 130 Å². The second-order valence-corrected chi connectivity index (χ2v) is 12.1. The summed E-state index contributed by atoms with van der Waals surface area (Å²) in [6, 6.07) is 17.0. The molecule has 10 nitrogen and oxygen atoms in total. The summed E-state index contributed by atoms with van der Waals surface area (Å²) in [5.74, 6) is 3.46. The van der Waals surface area contributed by atoms with E-state index in [1.165, 1.54) is 51.4 Å². The molecule has 2 fully saturated rings. The standard InChI is InChI=1S/C20H28N6.C16H20N4/c1-4-26(5-2)25-24-18-12-10-16(11-13-18)19-14-21-15(3)22-20(19)23-17-8-6-7-9-17;1-11-18-10-15(12-6-8-13(17)9-7-12)16(19-11)20-14-4-2-3-5-14/h10-14,17H,4-9H2,1-3H3,(H,21,22,23);6-10,14H,2-5,17H2,1H3,(H,18,19,20). The maximum Gasteiger partial charge on any atom is 0.137 e. The Balaban J connectivity index is 0.000000187. The highest BCUT2D eigenvalue weighted by molar-refractivity contribution is 5.76. The van der Waals surface area contributed by atoms with Gasteiger partial charge in [0.2, 0.25) is 0 Å². The maximum atomic E-state index is 5.75. The predicted octanol–water partition coefficient (Wildman–Crippen LogP) is 8.54. The van der Waals surface area contributed by atoms with Crippen LogP contribution in [0.15, 0.2) is 71.3 Å². The van der Waals surface area contributed by atoms with Crippen LogP contribution < -0.4 is 16.4 Å². The van der Waals surface area contributed by atoms with Gasteiger partial charge in [-0.2, -0.15) is 0 Å². The predicted molar refractivity (Wildman–Crippen MR) is 188 cm³/mol. The van der Waals surface area contributed by atoms with Crippen molar-refractivity contribution < 1.29 is 0 Å². The summed E-state index contributed by atoms with van der Waals surface area (Å²) in [5.41, 5.74) is 11.6. The molecule has 46 heavy (non-hydrogen) atoms. The average molecular weight is 621 g/mol. The van der Waals surface area contributed by atoms with E-state index < -0.39 is 0 Å². The molecule has 0 saturated heterocycles. The van der Waals surface area contributed by atoms with Crippen LogP contribution in [0.25, 0.3) is 22.3 Å². The van der Waals surface area contributed by atoms with Crippen LogP contribution in [0.4, 0.5) is 23.0 Å². The summed E-state index contributed by atoms with van der Waals surface area (Å²) in [4.78, 5) is 18.0. The van der Waals surface area contributed by atoms with Gasteiger partial charge in [0.25, 0.3) is 0 Å². The van der Waals surface area contributed by atoms with Crippen molar-refractivity contribution in [1.29, 1.82) is 0 Å². The van der Waals surface area contributed by atoms with E-state index in [0.717, 1.165) is 70.0 Å². The molecule has 6 rings (SSSR count). The number of nitrogen functional groups attached to an aromatic ring is 1. The molecule has 2 aromatic heterocycles. The van der Waals surface area contributed by atoms with Crippen molar-refractivity contribution in [1.82, 2.24) is 24.9 Å². The fraction of sp³-hybridized carbons (Fsp3) is 0.444. The van der Waals surface area contributed by atoms with E-state index in [4.69, 9.17) is 5.73 Å². The first-order chi connectivity index (χ1) is 22.4. The SMILES string of the molecule is CCN(CC)N=Nc1ccc(-c2cnc(C)nc2NC2CCCC2)cc1.Cc1ncc(-c2ccc(N)cc2)c(NC2CCCC2)n1. The van der Waals surface area contributed by atoms with Crippen LogP contribution in [-0.2, 0) is 0 Å². The molecule has 4 aromatic rings. The van der Waals surface area contributed by atoms with Crippen molar-refractivity contribution >= 4 is 23.0 Å². The molecular weight excluding hydrogens is 572 g/mol. The van der Waals surface area contributed by atoms with Crippen LogP contribution in [-0.4, -0.2) is 50.1 Å². The van der Waals surface area contributed by atoms with Gasteiger partial charge < -0.3 is 16.4 Å². The van der Waals surface area contributed by atoms with Crippen molar-refractivity contribution in [2.45, 2.75) is 91.1 Å². The second kappa shape index (κ2) is 16.1. The molecule has 2 saturated carbocycles. The van der Waals surface area contributed by atoms with Crippen molar-refractivity contribution in [2.75, 3.05) is 29.5 Å². The summed E-state index contributed by atoms with van der Waals surface area (Å²) < 4.78 is 0. The number of nitrogens with one attached hydrogen (secondary N) is 2. The van der Waals surface area contributed by atoms with Crippen LogP contribution in [0.1, 0.15) is 76.9 Å². The summed E-state index contributed by atoms with van der Waals surface area (Å²) in [6.45, 7) is 9.71. The molecule has 0 bridgehead atoms. The minimum atomic E-state index is 0.519. The number of aromatic nitrogens is 4. The Morgan fingerprint density at radius 2 is 1.13 bits per heavy atom. The summed E-state index contributed by atoms with van der Waals surface area (Å²) in [6.07, 6.45) is 13.9. The van der Waals surface area contributed by atoms with Gasteiger partial charge in [0.1, 0.15) is 23.3 Å². The smallest absolute Gasteiger partial charge is 0.137 e. The molecule has 0 spiro atoms. The lowest BCUT2D eigenvalue weighted by Gasteiger charge is -2.16. The molecule has 10 heteroatoms. The molecule has 2 aliphatic rings. The fourth-order valence-corrected chi connectivity index (χ4v) is 5.94. The third kappa shape index (κ3) is 8.99. The lowest BCUT2D eigenvalue weighted by atomic mass is 10.1. The van der Waals surface area contributed by atoms with Gasteiger partial charge in [0.15, 0.2) is 0 Å². The number of nitrogens with zero attached hydrogens (tertiary/aromatic N) is 7. The summed E-state index contributed by atoms with van der Waals surface area (Å²) in [7, 11) is 0. The number of hydrogen-bond acceptors (Lipinski definition) is 9. The lowest BCUT2D eigenvalue weighted by molar-refractivity contribution is 0.301. The third-order valence-corrected chi connectivity index (χ3v) is 8.63. The van der Waals surface area contributed by atoms with Gasteiger partial charge in [0, 0.05) is 54.4 Å². The zero-order valence-electron chi connectivity index (χ0n) is 27.7. The second-order valence-electron chi connectivity index (χ2n) is 12.1. The molecule has 0 atom stereocenters. The first-order valence-electron chi connectivity index (χ1n) is 16.7. The van der Waals surface area contributed by atoms with E-state index in [9.17, 15) is 0 Å². The molecule has 0 radical (unpaired) electrons. The molecule has 2 aromatic carbocycles. The van der Waals surface area contributed by atoms with E-state index >= 15 is 0 Å². The summed E-state index contributed by atoms with van der Waals surface area (Å²) >= 11 is 0. The Morgan fingerprint density at radius 3 is 1.57 bits per heavy atom. The van der Waals surface area contributed by atoms with Crippen molar-refractivity contribution in [2.24, 2.45) is 10.3 Å². The van der Waals surface area contributed by atoms with Crippen molar-refractivity contribution in [3.8, 4) is 22.3 Å². The Bertz CT molecular complexity index is 1550. The first kappa shape index (κ1) is 32.8. The number of anilines is 3. The fourth-order valence-electron chi connectivity index (χ4n) is 5.94. The minimum absolute atomic E-state index is 0.519. The van der Waals surface area contributed by atoms with Crippen LogP contribution in [0.5, 0.6) is 0 Å². The van der Waals surface area contributed by atoms with Gasteiger partial charge in [-0.3, -0.25) is 5.01 Å². The Morgan fingerprint density at radius 1 is 0.696 bits per heavy atom. The first-order valence-corrected chi connectivity index (χ1v) is 16.7. The zero-order valence-corrected chi connectivity index (χ0v) is 27.7. The number of benzene rings is 2. The molecule has 0 unspecified atom stereocenters. The largest absolute Gasteiger partial charge is 0.399 e. The van der Waals surface area contributed by atoms with E-state index in [-0.39, 0.29) is 0 Å². The van der Waals surface area contributed by atoms with Gasteiger partial charge >= 0.3 is 0 Å². The monoisotopic (exact) mass is 620 g/mol. The normalized spacial score (nSPS) is 15.1. The highest BCUT2D eigenvalue weighted by Gasteiger charge is 2.19. The quantitative estimate of drug-likeness (QED) is 0.0914. The zero-order chi connectivity index (χ0) is 32.3. The van der Waals surface area contributed by atoms with Gasteiger partial charge in [-0.05, 0) is 88.8 Å². The minimum Gasteiger partial charge on any atom is -0.399 e. The molecule has 0 aliphatic heterocycles. The van der Waals surface area contributed by atoms with Gasteiger partial charge in [-0.15, -0.1) is 5.11 Å². The summed E-state index contributed by atoms with van der Waals surface area (Å²) in [5, 5.41) is 17.7. The van der Waals surface area contributed by atoms with E-state index in [2.05, 4.69) is 66.9 Å². The Labute approximate surface area is 273 Å².